The molecule has 0 heterocycles. The number of phenolic OH excluding ortho intramolecular Hbond substituents is 1. The van der Waals surface area contributed by atoms with Gasteiger partial charge in [-0.05, 0) is 42.5 Å². The first-order chi connectivity index (χ1) is 11.9. The maximum absolute atomic E-state index is 12.5. The van der Waals surface area contributed by atoms with E-state index in [1.165, 1.54) is 5.56 Å². The maximum atomic E-state index is 12.5. The van der Waals surface area contributed by atoms with Crippen LogP contribution >= 0.6 is 12.4 Å². The molecule has 2 aromatic carbocycles. The molecule has 0 saturated heterocycles. The minimum absolute atomic E-state index is 0. The lowest BCUT2D eigenvalue weighted by Crippen LogP contribution is -2.40. The lowest BCUT2D eigenvalue weighted by Gasteiger charge is -2.15. The molecule has 1 aliphatic carbocycles. The van der Waals surface area contributed by atoms with Crippen LogP contribution in [0.15, 0.2) is 48.5 Å². The number of carbonyl (C=O) groups is 1. The summed E-state index contributed by atoms with van der Waals surface area (Å²) in [6.45, 7) is 4.47. The van der Waals surface area contributed by atoms with Gasteiger partial charge in [-0.2, -0.15) is 0 Å². The number of carbonyl (C=O) groups excluding carboxylic acids is 1. The second-order valence-electron chi connectivity index (χ2n) is 7.37. The van der Waals surface area contributed by atoms with E-state index in [-0.39, 0.29) is 35.7 Å². The van der Waals surface area contributed by atoms with Crippen molar-refractivity contribution < 1.29 is 9.90 Å². The van der Waals surface area contributed by atoms with Crippen molar-refractivity contribution in [3.05, 3.63) is 65.2 Å². The second kappa shape index (κ2) is 8.11. The molecule has 0 aromatic heterocycles. The number of benzene rings is 2. The van der Waals surface area contributed by atoms with Crippen molar-refractivity contribution in [3.8, 4) is 5.75 Å². The zero-order chi connectivity index (χ0) is 18.0. The molecule has 0 spiro atoms. The monoisotopic (exact) mass is 374 g/mol. The molecule has 3 rings (SSSR count). The molecule has 4 N–H and O–H groups in total. The summed E-state index contributed by atoms with van der Waals surface area (Å²) in [6, 6.07) is 15.6. The number of nitrogens with one attached hydrogen (secondary N) is 1. The van der Waals surface area contributed by atoms with Gasteiger partial charge in [0.1, 0.15) is 5.75 Å². The molecule has 140 valence electrons. The van der Waals surface area contributed by atoms with E-state index < -0.39 is 0 Å². The third-order valence-electron chi connectivity index (χ3n) is 5.28. The van der Waals surface area contributed by atoms with Crippen LogP contribution in [0, 0.1) is 12.8 Å². The molecule has 0 bridgehead atoms. The number of phenols is 1. The van der Waals surface area contributed by atoms with Crippen LogP contribution in [0.3, 0.4) is 0 Å². The van der Waals surface area contributed by atoms with Crippen LogP contribution in [0.4, 0.5) is 0 Å². The van der Waals surface area contributed by atoms with Gasteiger partial charge in [0.2, 0.25) is 5.91 Å². The average molecular weight is 375 g/mol. The Morgan fingerprint density at radius 2 is 2.00 bits per heavy atom. The number of nitrogens with two attached hydrogens (primary N) is 1. The first-order valence-electron chi connectivity index (χ1n) is 8.77. The lowest BCUT2D eigenvalue weighted by molar-refractivity contribution is -0.122. The fraction of sp³-hybridized carbons (Fsp3) is 0.381. The molecule has 1 fully saturated rings. The van der Waals surface area contributed by atoms with Crippen LogP contribution in [0.5, 0.6) is 5.75 Å². The highest BCUT2D eigenvalue weighted by Gasteiger charge is 2.55. The Hall–Kier alpha value is -2.04. The molecule has 0 unspecified atom stereocenters. The summed E-state index contributed by atoms with van der Waals surface area (Å²) in [6.07, 6.45) is 1.55. The van der Waals surface area contributed by atoms with Crippen LogP contribution in [0.1, 0.15) is 30.0 Å². The number of amides is 1. The summed E-state index contributed by atoms with van der Waals surface area (Å²) < 4.78 is 0. The predicted molar refractivity (Wildman–Crippen MR) is 107 cm³/mol. The van der Waals surface area contributed by atoms with Crippen LogP contribution in [0.25, 0.3) is 0 Å². The van der Waals surface area contributed by atoms with Crippen LogP contribution in [-0.4, -0.2) is 23.6 Å². The zero-order valence-corrected chi connectivity index (χ0v) is 16.1. The molecule has 3 atom stereocenters. The minimum atomic E-state index is -0.144. The Labute approximate surface area is 161 Å². The van der Waals surface area contributed by atoms with Crippen LogP contribution in [0.2, 0.25) is 0 Å². The largest absolute Gasteiger partial charge is 0.508 e. The first-order valence-corrected chi connectivity index (χ1v) is 8.77. The molecule has 0 aliphatic heterocycles. The van der Waals surface area contributed by atoms with Crippen molar-refractivity contribution in [2.45, 2.75) is 38.1 Å². The molecule has 1 amide bonds. The van der Waals surface area contributed by atoms with Crippen molar-refractivity contribution in [1.82, 2.24) is 5.32 Å². The maximum Gasteiger partial charge on any atom is 0.224 e. The molecule has 2 aromatic rings. The van der Waals surface area contributed by atoms with Crippen LogP contribution < -0.4 is 11.1 Å². The minimum Gasteiger partial charge on any atom is -0.508 e. The van der Waals surface area contributed by atoms with Crippen molar-refractivity contribution in [2.24, 2.45) is 11.7 Å². The standard InChI is InChI=1S/C21H26N2O2.ClH/c1-14-10-15(8-9-19(14)24)11-17(22)13-23-20(25)18-12-21(18,2)16-6-4-3-5-7-16;/h3-10,17-18,24H,11-13,22H2,1-2H3,(H,23,25);1H/t17-,18-,21+;/m0./s1. The highest BCUT2D eigenvalue weighted by molar-refractivity contribution is 5.85. The molecule has 1 saturated carbocycles. The van der Waals surface area contributed by atoms with Gasteiger partial charge in [0, 0.05) is 23.9 Å². The van der Waals surface area contributed by atoms with Gasteiger partial charge in [0.15, 0.2) is 0 Å². The van der Waals surface area contributed by atoms with E-state index in [1.54, 1.807) is 6.07 Å². The second-order valence-corrected chi connectivity index (χ2v) is 7.37. The summed E-state index contributed by atoms with van der Waals surface area (Å²) in [5, 5.41) is 12.6. The molecular weight excluding hydrogens is 348 g/mol. The Balaban J connectivity index is 0.00000243. The third-order valence-corrected chi connectivity index (χ3v) is 5.28. The van der Waals surface area contributed by atoms with E-state index >= 15 is 0 Å². The molecular formula is C21H27ClN2O2. The summed E-state index contributed by atoms with van der Waals surface area (Å²) in [4.78, 5) is 12.5. The Bertz CT molecular complexity index is 766. The smallest absolute Gasteiger partial charge is 0.224 e. The summed E-state index contributed by atoms with van der Waals surface area (Å²) in [5.41, 5.74) is 9.24. The number of halogens is 1. The van der Waals surface area contributed by atoms with E-state index in [4.69, 9.17) is 5.73 Å². The van der Waals surface area contributed by atoms with E-state index in [9.17, 15) is 9.90 Å². The van der Waals surface area contributed by atoms with Crippen molar-refractivity contribution in [1.29, 1.82) is 0 Å². The van der Waals surface area contributed by atoms with Gasteiger partial charge in [0.05, 0.1) is 0 Å². The molecule has 0 radical (unpaired) electrons. The van der Waals surface area contributed by atoms with Gasteiger partial charge in [0.25, 0.3) is 0 Å². The highest BCUT2D eigenvalue weighted by atomic mass is 35.5. The van der Waals surface area contributed by atoms with Gasteiger partial charge in [-0.1, -0.05) is 49.4 Å². The predicted octanol–water partition coefficient (Wildman–Crippen LogP) is 3.09. The van der Waals surface area contributed by atoms with Crippen molar-refractivity contribution in [2.75, 3.05) is 6.54 Å². The van der Waals surface area contributed by atoms with Gasteiger partial charge in [-0.25, -0.2) is 0 Å². The summed E-state index contributed by atoms with van der Waals surface area (Å²) >= 11 is 0. The third kappa shape index (κ3) is 4.37. The summed E-state index contributed by atoms with van der Waals surface area (Å²) in [7, 11) is 0. The van der Waals surface area contributed by atoms with Gasteiger partial charge >= 0.3 is 0 Å². The van der Waals surface area contributed by atoms with E-state index in [0.717, 1.165) is 17.5 Å². The molecule has 26 heavy (non-hydrogen) atoms. The molecule has 1 aliphatic rings. The molecule has 4 nitrogen and oxygen atoms in total. The number of aromatic hydroxyl groups is 1. The highest BCUT2D eigenvalue weighted by Crippen LogP contribution is 2.53. The van der Waals surface area contributed by atoms with Gasteiger partial charge in [-0.3, -0.25) is 4.79 Å². The number of hydrogen-bond donors (Lipinski definition) is 3. The van der Waals surface area contributed by atoms with E-state index in [2.05, 4.69) is 24.4 Å². The molecule has 5 heteroatoms. The topological polar surface area (TPSA) is 75.3 Å². The number of rotatable bonds is 6. The first kappa shape index (κ1) is 20.3. The van der Waals surface area contributed by atoms with Gasteiger partial charge in [-0.15, -0.1) is 12.4 Å². The fourth-order valence-corrected chi connectivity index (χ4v) is 3.46. The van der Waals surface area contributed by atoms with Crippen molar-refractivity contribution in [3.63, 3.8) is 0 Å². The number of hydrogen-bond acceptors (Lipinski definition) is 3. The van der Waals surface area contributed by atoms with E-state index in [1.807, 2.05) is 37.3 Å². The van der Waals surface area contributed by atoms with E-state index in [0.29, 0.717) is 18.7 Å². The Kier molecular flexibility index (Phi) is 6.32. The summed E-state index contributed by atoms with van der Waals surface area (Å²) in [5.74, 6) is 0.404. The average Bonchev–Trinajstić information content (AvgIpc) is 3.30. The van der Waals surface area contributed by atoms with Crippen molar-refractivity contribution >= 4 is 18.3 Å². The Morgan fingerprint density at radius 3 is 2.65 bits per heavy atom. The number of aryl methyl sites for hydroxylation is 1. The lowest BCUT2D eigenvalue weighted by atomic mass is 9.95. The quantitative estimate of drug-likeness (QED) is 0.727. The fourth-order valence-electron chi connectivity index (χ4n) is 3.46. The SMILES string of the molecule is Cc1cc(C[C@H](N)CNC(=O)[C@@H]2C[C@]2(C)c2ccccc2)ccc1O.Cl. The zero-order valence-electron chi connectivity index (χ0n) is 15.2. The Morgan fingerprint density at radius 1 is 1.31 bits per heavy atom. The normalized spacial score (nSPS) is 22.2. The van der Waals surface area contributed by atoms with Crippen LogP contribution in [-0.2, 0) is 16.6 Å². The van der Waals surface area contributed by atoms with Gasteiger partial charge < -0.3 is 16.2 Å².